The number of aromatic nitrogens is 3. The van der Waals surface area contributed by atoms with Crippen molar-refractivity contribution >= 4 is 28.6 Å². The molecule has 1 saturated heterocycles. The minimum absolute atomic E-state index is 0.125. The van der Waals surface area contributed by atoms with Crippen molar-refractivity contribution in [2.45, 2.75) is 46.3 Å². The second-order valence-corrected chi connectivity index (χ2v) is 5.23. The molecule has 7 heteroatoms. The third kappa shape index (κ3) is 3.08. The fourth-order valence-electron chi connectivity index (χ4n) is 2.57. The van der Waals surface area contributed by atoms with Gasteiger partial charge in [-0.2, -0.15) is 5.10 Å². The number of nitrogens with zero attached hydrogens (tertiary/aromatic N) is 3. The summed E-state index contributed by atoms with van der Waals surface area (Å²) in [4.78, 5) is 15.6. The lowest BCUT2D eigenvalue weighted by atomic mass is 10.1. The van der Waals surface area contributed by atoms with E-state index in [1.165, 1.54) is 6.07 Å². The standard InChI is InChI=1S/C13H14ClN3O3.C2H6/c1-7-11-8(13(18)19)6-9(14)15-12(11)17(16-7)10-4-2-3-5-20-10;1-2/h6,10H,2-5H2,1H3,(H,18,19);1-2H3. The van der Waals surface area contributed by atoms with Crippen molar-refractivity contribution in [2.24, 2.45) is 0 Å². The molecular weight excluding hydrogens is 306 g/mol. The van der Waals surface area contributed by atoms with Gasteiger partial charge in [-0.3, -0.25) is 0 Å². The molecule has 0 aliphatic carbocycles. The number of aromatic carboxylic acids is 1. The van der Waals surface area contributed by atoms with E-state index >= 15 is 0 Å². The van der Waals surface area contributed by atoms with Crippen molar-refractivity contribution in [1.82, 2.24) is 14.8 Å². The third-order valence-electron chi connectivity index (χ3n) is 3.46. The van der Waals surface area contributed by atoms with Gasteiger partial charge in [0.2, 0.25) is 0 Å². The normalized spacial score (nSPS) is 17.9. The molecule has 22 heavy (non-hydrogen) atoms. The van der Waals surface area contributed by atoms with E-state index in [0.29, 0.717) is 23.3 Å². The fourth-order valence-corrected chi connectivity index (χ4v) is 2.76. The lowest BCUT2D eigenvalue weighted by Crippen LogP contribution is -2.19. The lowest BCUT2D eigenvalue weighted by Gasteiger charge is -2.23. The van der Waals surface area contributed by atoms with E-state index in [1.54, 1.807) is 11.6 Å². The predicted molar refractivity (Wildman–Crippen MR) is 84.4 cm³/mol. The monoisotopic (exact) mass is 325 g/mol. The van der Waals surface area contributed by atoms with Gasteiger partial charge in [0.25, 0.3) is 0 Å². The molecule has 0 spiro atoms. The third-order valence-corrected chi connectivity index (χ3v) is 3.66. The van der Waals surface area contributed by atoms with E-state index in [4.69, 9.17) is 16.3 Å². The summed E-state index contributed by atoms with van der Waals surface area (Å²) in [6.45, 7) is 6.45. The number of rotatable bonds is 2. The maximum Gasteiger partial charge on any atom is 0.336 e. The number of hydrogen-bond acceptors (Lipinski definition) is 4. The van der Waals surface area contributed by atoms with Crippen molar-refractivity contribution in [3.63, 3.8) is 0 Å². The molecule has 3 rings (SSSR count). The van der Waals surface area contributed by atoms with Crippen LogP contribution in [-0.2, 0) is 4.74 Å². The first-order valence-corrected chi connectivity index (χ1v) is 7.86. The smallest absolute Gasteiger partial charge is 0.336 e. The quantitative estimate of drug-likeness (QED) is 0.849. The molecule has 0 radical (unpaired) electrons. The Morgan fingerprint density at radius 3 is 2.77 bits per heavy atom. The van der Waals surface area contributed by atoms with Gasteiger partial charge in [-0.1, -0.05) is 25.4 Å². The Bertz CT molecular complexity index is 678. The van der Waals surface area contributed by atoms with Crippen LogP contribution in [0.4, 0.5) is 0 Å². The van der Waals surface area contributed by atoms with Crippen LogP contribution in [0, 0.1) is 6.92 Å². The molecule has 2 aromatic heterocycles. The molecule has 0 amide bonds. The highest BCUT2D eigenvalue weighted by Crippen LogP contribution is 2.30. The molecule has 1 unspecified atom stereocenters. The van der Waals surface area contributed by atoms with Crippen molar-refractivity contribution < 1.29 is 14.6 Å². The van der Waals surface area contributed by atoms with Gasteiger partial charge in [0, 0.05) is 6.61 Å². The van der Waals surface area contributed by atoms with Crippen LogP contribution in [0.1, 0.15) is 55.4 Å². The molecular formula is C15H20ClN3O3. The minimum Gasteiger partial charge on any atom is -0.478 e. The van der Waals surface area contributed by atoms with Crippen LogP contribution in [0.25, 0.3) is 11.0 Å². The number of pyridine rings is 1. The molecule has 0 aromatic carbocycles. The molecule has 1 N–H and O–H groups in total. The second-order valence-electron chi connectivity index (χ2n) is 4.85. The van der Waals surface area contributed by atoms with Gasteiger partial charge in [0.1, 0.15) is 5.15 Å². The van der Waals surface area contributed by atoms with Gasteiger partial charge in [-0.25, -0.2) is 14.5 Å². The highest BCUT2D eigenvalue weighted by atomic mass is 35.5. The molecule has 1 aliphatic rings. The Balaban J connectivity index is 0.000000847. The Kier molecular flexibility index (Phi) is 5.37. The molecule has 6 nitrogen and oxygen atoms in total. The zero-order chi connectivity index (χ0) is 16.3. The van der Waals surface area contributed by atoms with E-state index in [9.17, 15) is 9.90 Å². The van der Waals surface area contributed by atoms with Crippen LogP contribution in [0.5, 0.6) is 0 Å². The highest BCUT2D eigenvalue weighted by molar-refractivity contribution is 6.30. The summed E-state index contributed by atoms with van der Waals surface area (Å²) in [7, 11) is 0. The first-order chi connectivity index (χ1) is 10.6. The zero-order valence-electron chi connectivity index (χ0n) is 13.0. The Morgan fingerprint density at radius 1 is 1.45 bits per heavy atom. The van der Waals surface area contributed by atoms with Crippen LogP contribution in [0.3, 0.4) is 0 Å². The maximum atomic E-state index is 11.4. The predicted octanol–water partition coefficient (Wildman–Crippen LogP) is 3.82. The summed E-state index contributed by atoms with van der Waals surface area (Å²) in [5, 5.41) is 14.4. The fraction of sp³-hybridized carbons (Fsp3) is 0.533. The van der Waals surface area contributed by atoms with Crippen LogP contribution in [0.15, 0.2) is 6.07 Å². The lowest BCUT2D eigenvalue weighted by molar-refractivity contribution is -0.0371. The van der Waals surface area contributed by atoms with Crippen LogP contribution in [-0.4, -0.2) is 32.4 Å². The highest BCUT2D eigenvalue weighted by Gasteiger charge is 2.24. The van der Waals surface area contributed by atoms with E-state index in [1.807, 2.05) is 13.8 Å². The van der Waals surface area contributed by atoms with Crippen LogP contribution in [0.2, 0.25) is 5.15 Å². The number of ether oxygens (including phenoxy) is 1. The molecule has 1 aliphatic heterocycles. The summed E-state index contributed by atoms with van der Waals surface area (Å²) in [5.74, 6) is -1.04. The largest absolute Gasteiger partial charge is 0.478 e. The number of carboxylic acids is 1. The van der Waals surface area contributed by atoms with Gasteiger partial charge < -0.3 is 9.84 Å². The average Bonchev–Trinajstić information content (AvgIpc) is 2.86. The number of halogens is 1. The number of carboxylic acid groups (broad SMARTS) is 1. The van der Waals surface area contributed by atoms with Crippen molar-refractivity contribution in [1.29, 1.82) is 0 Å². The summed E-state index contributed by atoms with van der Waals surface area (Å²) in [6.07, 6.45) is 2.72. The van der Waals surface area contributed by atoms with Gasteiger partial charge in [0.05, 0.1) is 16.6 Å². The van der Waals surface area contributed by atoms with Crippen LogP contribution >= 0.6 is 11.6 Å². The molecule has 120 valence electrons. The number of hydrogen-bond donors (Lipinski definition) is 1. The molecule has 1 fully saturated rings. The Labute approximate surface area is 134 Å². The van der Waals surface area contributed by atoms with Gasteiger partial charge >= 0.3 is 5.97 Å². The zero-order valence-corrected chi connectivity index (χ0v) is 13.7. The van der Waals surface area contributed by atoms with Crippen molar-refractivity contribution in [2.75, 3.05) is 6.61 Å². The Hall–Kier alpha value is -1.66. The van der Waals surface area contributed by atoms with Gasteiger partial charge in [0.15, 0.2) is 11.9 Å². The first kappa shape index (κ1) is 16.7. The topological polar surface area (TPSA) is 77.2 Å². The van der Waals surface area contributed by atoms with Gasteiger partial charge in [-0.15, -0.1) is 0 Å². The number of carbonyl (C=O) groups is 1. The van der Waals surface area contributed by atoms with Crippen molar-refractivity contribution in [3.8, 4) is 0 Å². The number of aryl methyl sites for hydroxylation is 1. The molecule has 3 heterocycles. The molecule has 0 saturated carbocycles. The van der Waals surface area contributed by atoms with E-state index in [0.717, 1.165) is 19.3 Å². The SMILES string of the molecule is CC.Cc1nn(C2CCCCO2)c2nc(Cl)cc(C(=O)O)c12. The van der Waals surface area contributed by atoms with Gasteiger partial charge in [-0.05, 0) is 32.3 Å². The van der Waals surface area contributed by atoms with E-state index < -0.39 is 5.97 Å². The summed E-state index contributed by atoms with van der Waals surface area (Å²) < 4.78 is 7.35. The van der Waals surface area contributed by atoms with E-state index in [2.05, 4.69) is 10.1 Å². The van der Waals surface area contributed by atoms with E-state index in [-0.39, 0.29) is 16.9 Å². The molecule has 0 bridgehead atoms. The second kappa shape index (κ2) is 7.07. The van der Waals surface area contributed by atoms with Crippen LogP contribution < -0.4 is 0 Å². The summed E-state index contributed by atoms with van der Waals surface area (Å²) in [5.41, 5.74) is 1.22. The molecule has 1 atom stereocenters. The maximum absolute atomic E-state index is 11.4. The first-order valence-electron chi connectivity index (χ1n) is 7.48. The summed E-state index contributed by atoms with van der Waals surface area (Å²) >= 11 is 5.93. The minimum atomic E-state index is -1.04. The average molecular weight is 326 g/mol. The Morgan fingerprint density at radius 2 is 2.18 bits per heavy atom. The van der Waals surface area contributed by atoms with Crippen molar-refractivity contribution in [3.05, 3.63) is 22.5 Å². The summed E-state index contributed by atoms with van der Waals surface area (Å²) in [6, 6.07) is 1.35. The molecule has 2 aromatic rings. The number of fused-ring (bicyclic) bond motifs is 1.